The number of benzene rings is 2. The van der Waals surface area contributed by atoms with E-state index in [9.17, 15) is 9.18 Å². The number of carbonyl (C=O) groups is 1. The van der Waals surface area contributed by atoms with Crippen molar-refractivity contribution < 1.29 is 9.18 Å². The van der Waals surface area contributed by atoms with Gasteiger partial charge in [-0.25, -0.2) is 14.4 Å². The molecular weight excluding hydrogens is 307 g/mol. The molecule has 6 heteroatoms. The zero-order valence-corrected chi connectivity index (χ0v) is 12.7. The van der Waals surface area contributed by atoms with Crippen molar-refractivity contribution in [1.82, 2.24) is 15.3 Å². The second kappa shape index (κ2) is 7.32. The van der Waals surface area contributed by atoms with Gasteiger partial charge in [-0.05, 0) is 18.2 Å². The topological polar surface area (TPSA) is 66.9 Å². The molecule has 0 aliphatic rings. The molecule has 3 rings (SSSR count). The third-order valence-corrected chi connectivity index (χ3v) is 3.34. The summed E-state index contributed by atoms with van der Waals surface area (Å²) in [7, 11) is 0. The lowest BCUT2D eigenvalue weighted by molar-refractivity contribution is 0.0950. The molecule has 0 fully saturated rings. The summed E-state index contributed by atoms with van der Waals surface area (Å²) in [5, 5.41) is 5.68. The van der Waals surface area contributed by atoms with E-state index >= 15 is 0 Å². The molecule has 5 nitrogen and oxygen atoms in total. The number of amides is 1. The minimum atomic E-state index is -0.357. The van der Waals surface area contributed by atoms with Crippen molar-refractivity contribution in [3.8, 4) is 0 Å². The zero-order chi connectivity index (χ0) is 16.8. The van der Waals surface area contributed by atoms with Crippen LogP contribution in [0, 0.1) is 5.82 Å². The predicted molar refractivity (Wildman–Crippen MR) is 89.3 cm³/mol. The molecule has 120 valence electrons. The highest BCUT2D eigenvalue weighted by molar-refractivity contribution is 5.93. The first-order chi connectivity index (χ1) is 11.7. The summed E-state index contributed by atoms with van der Waals surface area (Å²) in [4.78, 5) is 20.3. The lowest BCUT2D eigenvalue weighted by atomic mass is 10.2. The first-order valence-corrected chi connectivity index (χ1v) is 7.38. The molecule has 2 N–H and O–H groups in total. The van der Waals surface area contributed by atoms with Gasteiger partial charge in [0.1, 0.15) is 5.82 Å². The smallest absolute Gasteiger partial charge is 0.254 e. The number of hydrogen-bond acceptors (Lipinski definition) is 4. The van der Waals surface area contributed by atoms with Gasteiger partial charge in [-0.1, -0.05) is 36.4 Å². The molecule has 24 heavy (non-hydrogen) atoms. The fourth-order valence-electron chi connectivity index (χ4n) is 2.08. The van der Waals surface area contributed by atoms with Gasteiger partial charge >= 0.3 is 0 Å². The third kappa shape index (κ3) is 3.92. The van der Waals surface area contributed by atoms with Gasteiger partial charge in [-0.2, -0.15) is 0 Å². The highest BCUT2D eigenvalue weighted by Gasteiger charge is 2.08. The molecule has 0 aliphatic carbocycles. The van der Waals surface area contributed by atoms with Gasteiger partial charge < -0.3 is 10.6 Å². The Morgan fingerprint density at radius 3 is 2.33 bits per heavy atom. The highest BCUT2D eigenvalue weighted by atomic mass is 19.1. The molecule has 0 saturated carbocycles. The summed E-state index contributed by atoms with van der Waals surface area (Å²) >= 11 is 0. The standard InChI is InChI=1S/C18H15FN4O/c19-16-9-5-4-6-13(16)10-20-17(24)14-11-21-18(22-12-14)23-15-7-2-1-3-8-15/h1-9,11-12H,10H2,(H,20,24)(H,21,22,23). The van der Waals surface area contributed by atoms with Crippen LogP contribution < -0.4 is 10.6 Å². The SMILES string of the molecule is O=C(NCc1ccccc1F)c1cnc(Nc2ccccc2)nc1. The first kappa shape index (κ1) is 15.6. The van der Waals surface area contributed by atoms with Gasteiger partial charge in [0.2, 0.25) is 5.95 Å². The van der Waals surface area contributed by atoms with Crippen molar-refractivity contribution in [1.29, 1.82) is 0 Å². The van der Waals surface area contributed by atoms with Gasteiger partial charge in [0, 0.05) is 30.2 Å². The Balaban J connectivity index is 1.61. The molecular formula is C18H15FN4O. The molecule has 3 aromatic rings. The molecule has 0 aliphatic heterocycles. The van der Waals surface area contributed by atoms with Crippen molar-refractivity contribution >= 4 is 17.5 Å². The Bertz CT molecular complexity index is 822. The number of nitrogens with one attached hydrogen (secondary N) is 2. The van der Waals surface area contributed by atoms with Crippen molar-refractivity contribution in [2.24, 2.45) is 0 Å². The van der Waals surface area contributed by atoms with Crippen LogP contribution in [-0.2, 0) is 6.54 Å². The Morgan fingerprint density at radius 2 is 1.62 bits per heavy atom. The Morgan fingerprint density at radius 1 is 0.958 bits per heavy atom. The summed E-state index contributed by atoms with van der Waals surface area (Å²) in [6, 6.07) is 15.8. The monoisotopic (exact) mass is 322 g/mol. The lowest BCUT2D eigenvalue weighted by Gasteiger charge is -2.07. The molecule has 2 aromatic carbocycles. The quantitative estimate of drug-likeness (QED) is 0.756. The highest BCUT2D eigenvalue weighted by Crippen LogP contribution is 2.11. The van der Waals surface area contributed by atoms with Crippen LogP contribution in [0.2, 0.25) is 0 Å². The Labute approximate surface area is 138 Å². The number of rotatable bonds is 5. The molecule has 1 aromatic heterocycles. The fraction of sp³-hybridized carbons (Fsp3) is 0.0556. The Kier molecular flexibility index (Phi) is 4.76. The maximum Gasteiger partial charge on any atom is 0.254 e. The molecule has 0 spiro atoms. The second-order valence-electron chi connectivity index (χ2n) is 5.06. The first-order valence-electron chi connectivity index (χ1n) is 7.38. The van der Waals surface area contributed by atoms with Crippen molar-refractivity contribution in [3.63, 3.8) is 0 Å². The maximum atomic E-state index is 13.5. The normalized spacial score (nSPS) is 10.2. The molecule has 0 unspecified atom stereocenters. The Hall–Kier alpha value is -3.28. The zero-order valence-electron chi connectivity index (χ0n) is 12.7. The van der Waals surface area contributed by atoms with Crippen molar-refractivity contribution in [2.45, 2.75) is 6.54 Å². The number of halogens is 1. The largest absolute Gasteiger partial charge is 0.348 e. The van der Waals surface area contributed by atoms with Gasteiger partial charge in [0.25, 0.3) is 5.91 Å². The van der Waals surface area contributed by atoms with Crippen LogP contribution in [0.5, 0.6) is 0 Å². The molecule has 0 atom stereocenters. The van der Waals surface area contributed by atoms with E-state index in [1.807, 2.05) is 30.3 Å². The van der Waals surface area contributed by atoms with Gasteiger partial charge in [0.15, 0.2) is 0 Å². The van der Waals surface area contributed by atoms with Crippen LogP contribution >= 0.6 is 0 Å². The average Bonchev–Trinajstić information content (AvgIpc) is 2.62. The average molecular weight is 322 g/mol. The van der Waals surface area contributed by atoms with Crippen LogP contribution in [0.4, 0.5) is 16.0 Å². The van der Waals surface area contributed by atoms with Crippen molar-refractivity contribution in [3.05, 3.63) is 83.9 Å². The molecule has 0 radical (unpaired) electrons. The lowest BCUT2D eigenvalue weighted by Crippen LogP contribution is -2.23. The van der Waals surface area contributed by atoms with Crippen molar-refractivity contribution in [2.75, 3.05) is 5.32 Å². The van der Waals surface area contributed by atoms with Crippen LogP contribution in [0.25, 0.3) is 0 Å². The van der Waals surface area contributed by atoms with Gasteiger partial charge in [-0.3, -0.25) is 4.79 Å². The van der Waals surface area contributed by atoms with E-state index in [1.54, 1.807) is 18.2 Å². The number of hydrogen-bond donors (Lipinski definition) is 2. The van der Waals surface area contributed by atoms with Gasteiger partial charge in [0.05, 0.1) is 5.56 Å². The van der Waals surface area contributed by atoms with E-state index in [-0.39, 0.29) is 18.3 Å². The molecule has 0 bridgehead atoms. The fourth-order valence-corrected chi connectivity index (χ4v) is 2.08. The summed E-state index contributed by atoms with van der Waals surface area (Å²) in [5.41, 5.74) is 1.59. The van der Waals surface area contributed by atoms with E-state index in [4.69, 9.17) is 0 Å². The molecule has 1 heterocycles. The molecule has 1 amide bonds. The van der Waals surface area contributed by atoms with Crippen LogP contribution in [0.3, 0.4) is 0 Å². The second-order valence-corrected chi connectivity index (χ2v) is 5.06. The van der Waals surface area contributed by atoms with Crippen LogP contribution in [-0.4, -0.2) is 15.9 Å². The van der Waals surface area contributed by atoms with E-state index in [2.05, 4.69) is 20.6 Å². The summed E-state index contributed by atoms with van der Waals surface area (Å²) in [6.45, 7) is 0.107. The van der Waals surface area contributed by atoms with Crippen LogP contribution in [0.1, 0.15) is 15.9 Å². The van der Waals surface area contributed by atoms with Gasteiger partial charge in [-0.15, -0.1) is 0 Å². The van der Waals surface area contributed by atoms with E-state index < -0.39 is 0 Å². The predicted octanol–water partition coefficient (Wildman–Crippen LogP) is 3.29. The number of nitrogens with zero attached hydrogens (tertiary/aromatic N) is 2. The number of para-hydroxylation sites is 1. The number of aromatic nitrogens is 2. The van der Waals surface area contributed by atoms with Crippen LogP contribution in [0.15, 0.2) is 67.0 Å². The summed E-state index contributed by atoms with van der Waals surface area (Å²) < 4.78 is 13.5. The van der Waals surface area contributed by atoms with E-state index in [0.29, 0.717) is 17.1 Å². The number of carbonyl (C=O) groups excluding carboxylic acids is 1. The summed E-state index contributed by atoms with van der Waals surface area (Å²) in [5.74, 6) is -0.312. The molecule has 0 saturated heterocycles. The maximum absolute atomic E-state index is 13.5. The van der Waals surface area contributed by atoms with E-state index in [1.165, 1.54) is 18.5 Å². The minimum Gasteiger partial charge on any atom is -0.348 e. The minimum absolute atomic E-state index is 0.107. The summed E-state index contributed by atoms with van der Waals surface area (Å²) in [6.07, 6.45) is 2.85. The number of anilines is 2. The third-order valence-electron chi connectivity index (χ3n) is 3.34. The van der Waals surface area contributed by atoms with E-state index in [0.717, 1.165) is 5.69 Å².